The maximum absolute atomic E-state index is 11.2. The number of hydrogen-bond acceptors (Lipinski definition) is 4. The Balaban J connectivity index is 1.32. The number of benzene rings is 1. The Kier molecular flexibility index (Phi) is 5.51. The van der Waals surface area contributed by atoms with Crippen LogP contribution in [0.4, 0.5) is 0 Å². The summed E-state index contributed by atoms with van der Waals surface area (Å²) in [7, 11) is 0. The highest BCUT2D eigenvalue weighted by Crippen LogP contribution is 2.34. The predicted octanol–water partition coefficient (Wildman–Crippen LogP) is 2.91. The van der Waals surface area contributed by atoms with Crippen LogP contribution in [0.5, 0.6) is 0 Å². The fourth-order valence-electron chi connectivity index (χ4n) is 4.20. The molecule has 2 aliphatic rings. The molecule has 0 bridgehead atoms. The Hall–Kier alpha value is -2.18. The van der Waals surface area contributed by atoms with Gasteiger partial charge in [0.2, 0.25) is 0 Å². The largest absolute Gasteiger partial charge is 0.480 e. The number of aromatic nitrogens is 2. The SMILES string of the molecule is Cc1nn(-c2ccccc2)c(C)c1CNC1CC(N(CC(=O)O)CC2CC2)C1. The van der Waals surface area contributed by atoms with Gasteiger partial charge in [0.15, 0.2) is 0 Å². The number of nitrogens with zero attached hydrogens (tertiary/aromatic N) is 3. The number of carboxylic acids is 1. The Morgan fingerprint density at radius 3 is 2.61 bits per heavy atom. The van der Waals surface area contributed by atoms with Crippen molar-refractivity contribution in [2.24, 2.45) is 5.92 Å². The van der Waals surface area contributed by atoms with E-state index in [2.05, 4.69) is 36.2 Å². The molecule has 2 aliphatic carbocycles. The lowest BCUT2D eigenvalue weighted by molar-refractivity contribution is -0.139. The van der Waals surface area contributed by atoms with E-state index in [0.29, 0.717) is 12.1 Å². The summed E-state index contributed by atoms with van der Waals surface area (Å²) in [6.45, 7) is 6.13. The van der Waals surface area contributed by atoms with Crippen LogP contribution in [0.2, 0.25) is 0 Å². The minimum atomic E-state index is -0.711. The van der Waals surface area contributed by atoms with E-state index in [1.165, 1.54) is 24.1 Å². The third kappa shape index (κ3) is 4.28. The van der Waals surface area contributed by atoms with Gasteiger partial charge in [-0.25, -0.2) is 4.68 Å². The van der Waals surface area contributed by atoms with Gasteiger partial charge in [-0.2, -0.15) is 5.10 Å². The van der Waals surface area contributed by atoms with Gasteiger partial charge in [-0.15, -0.1) is 0 Å². The van der Waals surface area contributed by atoms with E-state index in [0.717, 1.165) is 43.2 Å². The molecule has 2 aromatic rings. The van der Waals surface area contributed by atoms with Crippen LogP contribution in [0.1, 0.15) is 42.6 Å². The number of carboxylic acid groups (broad SMARTS) is 1. The van der Waals surface area contributed by atoms with Crippen molar-refractivity contribution in [3.63, 3.8) is 0 Å². The van der Waals surface area contributed by atoms with E-state index in [9.17, 15) is 9.90 Å². The van der Waals surface area contributed by atoms with Crippen molar-refractivity contribution >= 4 is 5.97 Å². The molecular formula is C22H30N4O2. The standard InChI is InChI=1S/C22H30N4O2/c1-15-21(16(2)26(24-15)19-6-4-3-5-7-19)12-23-18-10-20(11-18)25(14-22(27)28)13-17-8-9-17/h3-7,17-18,20,23H,8-14H2,1-2H3,(H,27,28). The summed E-state index contributed by atoms with van der Waals surface area (Å²) >= 11 is 0. The van der Waals surface area contributed by atoms with Gasteiger partial charge in [-0.05, 0) is 57.6 Å². The van der Waals surface area contributed by atoms with Crippen molar-refractivity contribution in [2.45, 2.75) is 58.2 Å². The van der Waals surface area contributed by atoms with Gasteiger partial charge in [0.25, 0.3) is 0 Å². The second kappa shape index (κ2) is 8.05. The van der Waals surface area contributed by atoms with Crippen LogP contribution in [0.15, 0.2) is 30.3 Å². The summed E-state index contributed by atoms with van der Waals surface area (Å²) in [6.07, 6.45) is 4.58. The molecule has 1 aromatic heterocycles. The van der Waals surface area contributed by atoms with Crippen LogP contribution < -0.4 is 5.32 Å². The van der Waals surface area contributed by atoms with Crippen LogP contribution in [0.25, 0.3) is 5.69 Å². The third-order valence-corrected chi connectivity index (χ3v) is 6.17. The first-order chi connectivity index (χ1) is 13.5. The summed E-state index contributed by atoms with van der Waals surface area (Å²) in [5.41, 5.74) is 4.58. The normalized spacial score (nSPS) is 21.7. The van der Waals surface area contributed by atoms with Gasteiger partial charge in [0.1, 0.15) is 0 Å². The molecule has 0 spiro atoms. The van der Waals surface area contributed by atoms with Gasteiger partial charge in [0, 0.05) is 36.4 Å². The van der Waals surface area contributed by atoms with E-state index >= 15 is 0 Å². The predicted molar refractivity (Wildman–Crippen MR) is 109 cm³/mol. The molecule has 0 atom stereocenters. The number of para-hydroxylation sites is 1. The maximum atomic E-state index is 11.2. The lowest BCUT2D eigenvalue weighted by atomic mass is 9.85. The van der Waals surface area contributed by atoms with Crippen molar-refractivity contribution in [2.75, 3.05) is 13.1 Å². The quantitative estimate of drug-likeness (QED) is 0.698. The lowest BCUT2D eigenvalue weighted by Crippen LogP contribution is -2.54. The highest BCUT2D eigenvalue weighted by atomic mass is 16.4. The zero-order valence-electron chi connectivity index (χ0n) is 16.8. The van der Waals surface area contributed by atoms with Crippen molar-refractivity contribution in [1.82, 2.24) is 20.0 Å². The van der Waals surface area contributed by atoms with Gasteiger partial charge >= 0.3 is 5.97 Å². The molecule has 0 radical (unpaired) electrons. The number of nitrogens with one attached hydrogen (secondary N) is 1. The maximum Gasteiger partial charge on any atom is 0.317 e. The van der Waals surface area contributed by atoms with Crippen LogP contribution in [0, 0.1) is 19.8 Å². The minimum absolute atomic E-state index is 0.177. The number of aryl methyl sites for hydroxylation is 1. The lowest BCUT2D eigenvalue weighted by Gasteiger charge is -2.43. The second-order valence-electron chi connectivity index (χ2n) is 8.37. The average Bonchev–Trinajstić information content (AvgIpc) is 3.40. The molecule has 0 aliphatic heterocycles. The summed E-state index contributed by atoms with van der Waals surface area (Å²) in [5.74, 6) is 0.0112. The van der Waals surface area contributed by atoms with Gasteiger partial charge in [0.05, 0.1) is 17.9 Å². The Labute approximate surface area is 166 Å². The molecule has 0 amide bonds. The van der Waals surface area contributed by atoms with Crippen molar-refractivity contribution in [3.05, 3.63) is 47.3 Å². The number of aliphatic carboxylic acids is 1. The smallest absolute Gasteiger partial charge is 0.317 e. The molecule has 6 nitrogen and oxygen atoms in total. The average molecular weight is 383 g/mol. The van der Waals surface area contributed by atoms with E-state index in [-0.39, 0.29) is 6.54 Å². The summed E-state index contributed by atoms with van der Waals surface area (Å²) in [5, 5.41) is 17.6. The number of rotatable bonds is 9. The van der Waals surface area contributed by atoms with Crippen LogP contribution in [-0.2, 0) is 11.3 Å². The first-order valence-corrected chi connectivity index (χ1v) is 10.3. The fraction of sp³-hybridized carbons (Fsp3) is 0.545. The van der Waals surface area contributed by atoms with Crippen LogP contribution in [0.3, 0.4) is 0 Å². The first-order valence-electron chi connectivity index (χ1n) is 10.3. The second-order valence-corrected chi connectivity index (χ2v) is 8.37. The van der Waals surface area contributed by atoms with E-state index in [1.807, 2.05) is 22.9 Å². The molecule has 0 saturated heterocycles. The Morgan fingerprint density at radius 1 is 1.25 bits per heavy atom. The molecule has 28 heavy (non-hydrogen) atoms. The van der Waals surface area contributed by atoms with Gasteiger partial charge in [-0.1, -0.05) is 18.2 Å². The number of hydrogen-bond donors (Lipinski definition) is 2. The highest BCUT2D eigenvalue weighted by molar-refractivity contribution is 5.69. The molecule has 1 aromatic carbocycles. The third-order valence-electron chi connectivity index (χ3n) is 6.17. The fourth-order valence-corrected chi connectivity index (χ4v) is 4.20. The van der Waals surface area contributed by atoms with Gasteiger partial charge in [-0.3, -0.25) is 9.69 Å². The molecule has 1 heterocycles. The van der Waals surface area contributed by atoms with Crippen molar-refractivity contribution in [1.29, 1.82) is 0 Å². The number of carbonyl (C=O) groups is 1. The molecule has 2 N–H and O–H groups in total. The molecule has 2 fully saturated rings. The van der Waals surface area contributed by atoms with Crippen molar-refractivity contribution < 1.29 is 9.90 Å². The highest BCUT2D eigenvalue weighted by Gasteiger charge is 2.37. The molecule has 150 valence electrons. The molecular weight excluding hydrogens is 352 g/mol. The van der Waals surface area contributed by atoms with Crippen molar-refractivity contribution in [3.8, 4) is 5.69 Å². The molecule has 0 unspecified atom stereocenters. The van der Waals surface area contributed by atoms with E-state index in [1.54, 1.807) is 0 Å². The molecule has 6 heteroatoms. The summed E-state index contributed by atoms with van der Waals surface area (Å²) in [4.78, 5) is 13.4. The molecule has 2 saturated carbocycles. The van der Waals surface area contributed by atoms with Crippen LogP contribution in [-0.4, -0.2) is 50.9 Å². The summed E-state index contributed by atoms with van der Waals surface area (Å²) < 4.78 is 2.01. The van der Waals surface area contributed by atoms with Gasteiger partial charge < -0.3 is 10.4 Å². The topological polar surface area (TPSA) is 70.4 Å². The van der Waals surface area contributed by atoms with E-state index in [4.69, 9.17) is 5.10 Å². The minimum Gasteiger partial charge on any atom is -0.480 e. The van der Waals surface area contributed by atoms with Crippen LogP contribution >= 0.6 is 0 Å². The molecule has 4 rings (SSSR count). The summed E-state index contributed by atoms with van der Waals surface area (Å²) in [6, 6.07) is 11.1. The monoisotopic (exact) mass is 382 g/mol. The zero-order chi connectivity index (χ0) is 19.7. The Morgan fingerprint density at radius 2 is 1.96 bits per heavy atom. The first kappa shape index (κ1) is 19.2. The van der Waals surface area contributed by atoms with E-state index < -0.39 is 5.97 Å². The Bertz CT molecular complexity index is 823. The zero-order valence-corrected chi connectivity index (χ0v) is 16.8.